The van der Waals surface area contributed by atoms with E-state index < -0.39 is 0 Å². The van der Waals surface area contributed by atoms with Gasteiger partial charge < -0.3 is 5.73 Å². The number of halogens is 1. The predicted octanol–water partition coefficient (Wildman–Crippen LogP) is 2.50. The summed E-state index contributed by atoms with van der Waals surface area (Å²) < 4.78 is 12.7. The van der Waals surface area contributed by atoms with Crippen LogP contribution in [-0.2, 0) is 0 Å². The molecule has 0 aliphatic carbocycles. The predicted molar refractivity (Wildman–Crippen MR) is 53.8 cm³/mol. The van der Waals surface area contributed by atoms with Crippen molar-refractivity contribution < 1.29 is 4.39 Å². The van der Waals surface area contributed by atoms with Gasteiger partial charge in [0, 0.05) is 0 Å². The molecule has 0 aromatic heterocycles. The second kappa shape index (κ2) is 4.77. The summed E-state index contributed by atoms with van der Waals surface area (Å²) in [5.41, 5.74) is 7.35. The first-order chi connectivity index (χ1) is 6.24. The van der Waals surface area contributed by atoms with Crippen molar-refractivity contribution in [2.75, 3.05) is 6.54 Å². The first-order valence-corrected chi connectivity index (χ1v) is 4.37. The van der Waals surface area contributed by atoms with Crippen LogP contribution < -0.4 is 5.73 Å². The molecule has 0 atom stereocenters. The highest BCUT2D eigenvalue weighted by atomic mass is 19.1. The lowest BCUT2D eigenvalue weighted by atomic mass is 10.1. The highest BCUT2D eigenvalue weighted by molar-refractivity contribution is 5.53. The van der Waals surface area contributed by atoms with Gasteiger partial charge in [-0.1, -0.05) is 18.2 Å². The lowest BCUT2D eigenvalue weighted by molar-refractivity contribution is 0.626. The molecule has 0 saturated heterocycles. The maximum Gasteiger partial charge on any atom is 0.123 e. The number of hydrogen-bond acceptors (Lipinski definition) is 1. The zero-order valence-electron chi connectivity index (χ0n) is 7.76. The van der Waals surface area contributed by atoms with Crippen LogP contribution in [0.2, 0.25) is 0 Å². The van der Waals surface area contributed by atoms with Gasteiger partial charge in [-0.05, 0) is 43.1 Å². The van der Waals surface area contributed by atoms with Crippen molar-refractivity contribution in [3.8, 4) is 0 Å². The molecular formula is C11H14FN. The zero-order chi connectivity index (χ0) is 9.68. The zero-order valence-corrected chi connectivity index (χ0v) is 7.76. The lowest BCUT2D eigenvalue weighted by Gasteiger charge is -1.99. The Hall–Kier alpha value is -1.15. The van der Waals surface area contributed by atoms with Crippen LogP contribution in [0, 0.1) is 12.7 Å². The molecule has 1 aromatic carbocycles. The topological polar surface area (TPSA) is 26.0 Å². The van der Waals surface area contributed by atoms with Crippen molar-refractivity contribution in [2.45, 2.75) is 13.3 Å². The average Bonchev–Trinajstić information content (AvgIpc) is 2.09. The van der Waals surface area contributed by atoms with Crippen molar-refractivity contribution in [1.29, 1.82) is 0 Å². The van der Waals surface area contributed by atoms with Gasteiger partial charge in [0.1, 0.15) is 5.82 Å². The van der Waals surface area contributed by atoms with Crippen LogP contribution in [0.3, 0.4) is 0 Å². The number of benzene rings is 1. The van der Waals surface area contributed by atoms with Crippen LogP contribution in [0.1, 0.15) is 17.5 Å². The number of nitrogens with two attached hydrogens (primary N) is 1. The van der Waals surface area contributed by atoms with Crippen LogP contribution in [0.15, 0.2) is 24.3 Å². The molecule has 2 N–H and O–H groups in total. The number of hydrogen-bond donors (Lipinski definition) is 1. The molecule has 0 fully saturated rings. The molecule has 1 aromatic rings. The van der Waals surface area contributed by atoms with Gasteiger partial charge in [0.05, 0.1) is 0 Å². The van der Waals surface area contributed by atoms with Crippen molar-refractivity contribution in [3.63, 3.8) is 0 Å². The van der Waals surface area contributed by atoms with Crippen molar-refractivity contribution in [3.05, 3.63) is 41.2 Å². The van der Waals surface area contributed by atoms with Crippen LogP contribution >= 0.6 is 0 Å². The fraction of sp³-hybridized carbons (Fsp3) is 0.273. The SMILES string of the molecule is Cc1cc(F)ccc1C=CCCN. The Morgan fingerprint density at radius 2 is 2.23 bits per heavy atom. The number of rotatable bonds is 3. The monoisotopic (exact) mass is 179 g/mol. The molecule has 1 nitrogen and oxygen atoms in total. The molecule has 0 unspecified atom stereocenters. The van der Waals surface area contributed by atoms with E-state index in [-0.39, 0.29) is 5.82 Å². The Labute approximate surface area is 78.1 Å². The summed E-state index contributed by atoms with van der Waals surface area (Å²) in [4.78, 5) is 0. The van der Waals surface area contributed by atoms with Crippen LogP contribution in [0.25, 0.3) is 6.08 Å². The Balaban J connectivity index is 2.77. The van der Waals surface area contributed by atoms with Crippen LogP contribution in [0.4, 0.5) is 4.39 Å². The summed E-state index contributed by atoms with van der Waals surface area (Å²) >= 11 is 0. The van der Waals surface area contributed by atoms with E-state index in [1.54, 1.807) is 6.07 Å². The first-order valence-electron chi connectivity index (χ1n) is 4.37. The van der Waals surface area contributed by atoms with E-state index in [0.29, 0.717) is 6.54 Å². The summed E-state index contributed by atoms with van der Waals surface area (Å²) in [5, 5.41) is 0. The lowest BCUT2D eigenvalue weighted by Crippen LogP contribution is -1.95. The molecule has 0 heterocycles. The van der Waals surface area contributed by atoms with Gasteiger partial charge in [0.25, 0.3) is 0 Å². The Kier molecular flexibility index (Phi) is 3.65. The van der Waals surface area contributed by atoms with Crippen LogP contribution in [0.5, 0.6) is 0 Å². The van der Waals surface area contributed by atoms with E-state index in [4.69, 9.17) is 5.73 Å². The molecule has 0 bridgehead atoms. The molecule has 0 saturated carbocycles. The summed E-state index contributed by atoms with van der Waals surface area (Å²) in [7, 11) is 0. The standard InChI is InChI=1S/C11H14FN/c1-9-8-11(12)6-5-10(9)4-2-3-7-13/h2,4-6,8H,3,7,13H2,1H3. The van der Waals surface area contributed by atoms with Crippen molar-refractivity contribution >= 4 is 6.08 Å². The molecule has 2 heteroatoms. The fourth-order valence-electron chi connectivity index (χ4n) is 1.13. The third-order valence-electron chi connectivity index (χ3n) is 1.86. The summed E-state index contributed by atoms with van der Waals surface area (Å²) in [6.45, 7) is 2.54. The van der Waals surface area contributed by atoms with Gasteiger partial charge in [0.15, 0.2) is 0 Å². The molecule has 0 aliphatic heterocycles. The second-order valence-electron chi connectivity index (χ2n) is 2.98. The minimum atomic E-state index is -0.187. The molecule has 1 rings (SSSR count). The Morgan fingerprint density at radius 3 is 2.85 bits per heavy atom. The van der Waals surface area contributed by atoms with Gasteiger partial charge in [-0.15, -0.1) is 0 Å². The summed E-state index contributed by atoms with van der Waals surface area (Å²) in [6.07, 6.45) is 4.83. The molecule has 70 valence electrons. The summed E-state index contributed by atoms with van der Waals surface area (Å²) in [6, 6.07) is 4.77. The number of aryl methyl sites for hydroxylation is 1. The highest BCUT2D eigenvalue weighted by Gasteiger charge is 1.95. The van der Waals surface area contributed by atoms with Gasteiger partial charge in [-0.2, -0.15) is 0 Å². The van der Waals surface area contributed by atoms with E-state index in [1.807, 2.05) is 19.1 Å². The third kappa shape index (κ3) is 2.99. The maximum atomic E-state index is 12.7. The molecule has 13 heavy (non-hydrogen) atoms. The first kappa shape index (κ1) is 9.93. The van der Waals surface area contributed by atoms with Gasteiger partial charge in [-0.3, -0.25) is 0 Å². The van der Waals surface area contributed by atoms with Gasteiger partial charge >= 0.3 is 0 Å². The minimum absolute atomic E-state index is 0.187. The molecule has 0 radical (unpaired) electrons. The summed E-state index contributed by atoms with van der Waals surface area (Å²) in [5.74, 6) is -0.187. The largest absolute Gasteiger partial charge is 0.330 e. The maximum absolute atomic E-state index is 12.7. The van der Waals surface area contributed by atoms with Crippen LogP contribution in [-0.4, -0.2) is 6.54 Å². The van der Waals surface area contributed by atoms with E-state index in [0.717, 1.165) is 17.5 Å². The molecule has 0 spiro atoms. The van der Waals surface area contributed by atoms with E-state index in [1.165, 1.54) is 12.1 Å². The normalized spacial score (nSPS) is 11.0. The second-order valence-corrected chi connectivity index (χ2v) is 2.98. The molecular weight excluding hydrogens is 165 g/mol. The third-order valence-corrected chi connectivity index (χ3v) is 1.86. The van der Waals surface area contributed by atoms with Gasteiger partial charge in [-0.25, -0.2) is 4.39 Å². The van der Waals surface area contributed by atoms with E-state index >= 15 is 0 Å². The quantitative estimate of drug-likeness (QED) is 0.758. The fourth-order valence-corrected chi connectivity index (χ4v) is 1.13. The molecule has 0 amide bonds. The van der Waals surface area contributed by atoms with E-state index in [2.05, 4.69) is 0 Å². The highest BCUT2D eigenvalue weighted by Crippen LogP contribution is 2.11. The minimum Gasteiger partial charge on any atom is -0.330 e. The Bertz CT molecular complexity index is 305. The van der Waals surface area contributed by atoms with Gasteiger partial charge in [0.2, 0.25) is 0 Å². The molecule has 0 aliphatic rings. The van der Waals surface area contributed by atoms with Crippen molar-refractivity contribution in [2.24, 2.45) is 5.73 Å². The smallest absolute Gasteiger partial charge is 0.123 e. The van der Waals surface area contributed by atoms with Crippen molar-refractivity contribution in [1.82, 2.24) is 0 Å². The van der Waals surface area contributed by atoms with E-state index in [9.17, 15) is 4.39 Å². The Morgan fingerprint density at radius 1 is 1.46 bits per heavy atom. The average molecular weight is 179 g/mol.